The molecule has 19 heavy (non-hydrogen) atoms. The third-order valence-corrected chi connectivity index (χ3v) is 3.27. The van der Waals surface area contributed by atoms with E-state index < -0.39 is 0 Å². The van der Waals surface area contributed by atoms with Crippen LogP contribution in [0.2, 0.25) is 0 Å². The number of carbonyl (C=O) groups excluding carboxylic acids is 1. The average molecular weight is 280 g/mol. The van der Waals surface area contributed by atoms with Gasteiger partial charge in [0, 0.05) is 5.38 Å². The standard InChI is InChI=1S/C13H13FN2O2S/c1-8-3-4-10(14)11(5-8)16-13-15-9(7-19-13)6-12(17)18-2/h3-5,7H,6H2,1-2H3,(H,15,16). The molecular formula is C13H13FN2O2S. The van der Waals surface area contributed by atoms with Gasteiger partial charge in [-0.15, -0.1) is 11.3 Å². The molecule has 0 bridgehead atoms. The minimum Gasteiger partial charge on any atom is -0.469 e. The molecule has 1 aromatic carbocycles. The van der Waals surface area contributed by atoms with Gasteiger partial charge in [0.2, 0.25) is 0 Å². The summed E-state index contributed by atoms with van der Waals surface area (Å²) >= 11 is 1.31. The Hall–Kier alpha value is -1.95. The fourth-order valence-corrected chi connectivity index (χ4v) is 2.24. The minimum atomic E-state index is -0.349. The number of nitrogens with zero attached hydrogens (tertiary/aromatic N) is 1. The van der Waals surface area contributed by atoms with Crippen molar-refractivity contribution in [3.05, 3.63) is 40.7 Å². The lowest BCUT2D eigenvalue weighted by atomic mass is 10.2. The van der Waals surface area contributed by atoms with Gasteiger partial charge in [-0.3, -0.25) is 4.79 Å². The van der Waals surface area contributed by atoms with Gasteiger partial charge in [-0.2, -0.15) is 0 Å². The second-order valence-corrected chi connectivity index (χ2v) is 4.86. The molecule has 2 aromatic rings. The smallest absolute Gasteiger partial charge is 0.311 e. The molecule has 0 saturated heterocycles. The maximum atomic E-state index is 13.6. The van der Waals surface area contributed by atoms with Crippen LogP contribution in [0.15, 0.2) is 23.6 Å². The Morgan fingerprint density at radius 3 is 3.05 bits per heavy atom. The molecule has 1 N–H and O–H groups in total. The number of aryl methyl sites for hydroxylation is 1. The highest BCUT2D eigenvalue weighted by Gasteiger charge is 2.09. The van der Waals surface area contributed by atoms with Crippen molar-refractivity contribution in [1.29, 1.82) is 0 Å². The summed E-state index contributed by atoms with van der Waals surface area (Å²) in [6.45, 7) is 1.88. The molecule has 1 aromatic heterocycles. The van der Waals surface area contributed by atoms with E-state index in [-0.39, 0.29) is 18.2 Å². The van der Waals surface area contributed by atoms with Gasteiger partial charge in [0.25, 0.3) is 0 Å². The van der Waals surface area contributed by atoms with Gasteiger partial charge in [-0.1, -0.05) is 6.07 Å². The molecular weight excluding hydrogens is 267 g/mol. The van der Waals surface area contributed by atoms with Crippen molar-refractivity contribution in [2.24, 2.45) is 0 Å². The molecule has 1 heterocycles. The van der Waals surface area contributed by atoms with E-state index in [2.05, 4.69) is 15.0 Å². The third kappa shape index (κ3) is 3.51. The number of halogens is 1. The van der Waals surface area contributed by atoms with E-state index >= 15 is 0 Å². The topological polar surface area (TPSA) is 51.2 Å². The van der Waals surface area contributed by atoms with E-state index in [0.29, 0.717) is 16.5 Å². The molecule has 0 fully saturated rings. The fourth-order valence-electron chi connectivity index (χ4n) is 1.52. The number of ether oxygens (including phenoxy) is 1. The first-order chi connectivity index (χ1) is 9.08. The molecule has 100 valence electrons. The molecule has 0 aliphatic rings. The minimum absolute atomic E-state index is 0.116. The van der Waals surface area contributed by atoms with Crippen molar-refractivity contribution >= 4 is 28.1 Å². The Kier molecular flexibility index (Phi) is 4.11. The molecule has 0 radical (unpaired) electrons. The molecule has 0 amide bonds. The lowest BCUT2D eigenvalue weighted by Gasteiger charge is -2.05. The van der Waals surface area contributed by atoms with Gasteiger partial charge in [-0.25, -0.2) is 9.37 Å². The van der Waals surface area contributed by atoms with Crippen LogP contribution < -0.4 is 5.32 Å². The number of hydrogen-bond donors (Lipinski definition) is 1. The first-order valence-electron chi connectivity index (χ1n) is 5.63. The zero-order chi connectivity index (χ0) is 13.8. The van der Waals surface area contributed by atoms with E-state index in [0.717, 1.165) is 5.56 Å². The summed E-state index contributed by atoms with van der Waals surface area (Å²) in [6.07, 6.45) is 0.116. The van der Waals surface area contributed by atoms with Crippen molar-refractivity contribution in [3.8, 4) is 0 Å². The number of esters is 1. The predicted octanol–water partition coefficient (Wildman–Crippen LogP) is 3.05. The van der Waals surface area contributed by atoms with Crippen LogP contribution in [0.25, 0.3) is 0 Å². The Balaban J connectivity index is 2.11. The Labute approximate surface area is 114 Å². The number of thiazole rings is 1. The number of benzene rings is 1. The number of anilines is 2. The van der Waals surface area contributed by atoms with Gasteiger partial charge in [0.15, 0.2) is 5.13 Å². The van der Waals surface area contributed by atoms with Crippen LogP contribution in [0.1, 0.15) is 11.3 Å². The maximum Gasteiger partial charge on any atom is 0.311 e. The van der Waals surface area contributed by atoms with E-state index in [4.69, 9.17) is 0 Å². The maximum absolute atomic E-state index is 13.6. The molecule has 6 heteroatoms. The summed E-state index contributed by atoms with van der Waals surface area (Å²) in [5, 5.41) is 5.19. The normalized spacial score (nSPS) is 10.3. The van der Waals surface area contributed by atoms with Crippen molar-refractivity contribution in [3.63, 3.8) is 0 Å². The number of carbonyl (C=O) groups is 1. The second-order valence-electron chi connectivity index (χ2n) is 4.01. The van der Waals surface area contributed by atoms with Crippen LogP contribution in [0.4, 0.5) is 15.2 Å². The van der Waals surface area contributed by atoms with Crippen LogP contribution in [-0.4, -0.2) is 18.1 Å². The summed E-state index contributed by atoms with van der Waals surface area (Å²) in [7, 11) is 1.33. The fraction of sp³-hybridized carbons (Fsp3) is 0.231. The van der Waals surface area contributed by atoms with Crippen molar-refractivity contribution in [2.75, 3.05) is 12.4 Å². The van der Waals surface area contributed by atoms with Crippen LogP contribution in [0.5, 0.6) is 0 Å². The van der Waals surface area contributed by atoms with Gasteiger partial charge in [0.1, 0.15) is 5.82 Å². The SMILES string of the molecule is COC(=O)Cc1csc(Nc2cc(C)ccc2F)n1. The van der Waals surface area contributed by atoms with E-state index in [1.807, 2.05) is 6.92 Å². The Morgan fingerprint density at radius 2 is 2.32 bits per heavy atom. The zero-order valence-electron chi connectivity index (χ0n) is 10.6. The van der Waals surface area contributed by atoms with E-state index in [9.17, 15) is 9.18 Å². The predicted molar refractivity (Wildman–Crippen MR) is 72.3 cm³/mol. The number of nitrogens with one attached hydrogen (secondary N) is 1. The average Bonchev–Trinajstić information content (AvgIpc) is 2.81. The molecule has 0 aliphatic carbocycles. The van der Waals surface area contributed by atoms with Crippen molar-refractivity contribution < 1.29 is 13.9 Å². The quantitative estimate of drug-likeness (QED) is 0.875. The zero-order valence-corrected chi connectivity index (χ0v) is 11.4. The van der Waals surface area contributed by atoms with Gasteiger partial charge in [-0.05, 0) is 24.6 Å². The van der Waals surface area contributed by atoms with Crippen LogP contribution >= 0.6 is 11.3 Å². The Bertz CT molecular complexity index is 598. The molecule has 4 nitrogen and oxygen atoms in total. The molecule has 0 aliphatic heterocycles. The summed E-state index contributed by atoms with van der Waals surface area (Å²) in [5.74, 6) is -0.686. The first-order valence-corrected chi connectivity index (χ1v) is 6.51. The highest BCUT2D eigenvalue weighted by Crippen LogP contribution is 2.24. The van der Waals surface area contributed by atoms with Crippen LogP contribution in [0, 0.1) is 12.7 Å². The summed E-state index contributed by atoms with van der Waals surface area (Å²) in [5.41, 5.74) is 1.93. The van der Waals surface area contributed by atoms with E-state index in [1.165, 1.54) is 24.5 Å². The monoisotopic (exact) mass is 280 g/mol. The molecule has 0 unspecified atom stereocenters. The number of hydrogen-bond acceptors (Lipinski definition) is 5. The molecule has 0 atom stereocenters. The van der Waals surface area contributed by atoms with Crippen LogP contribution in [-0.2, 0) is 16.0 Å². The lowest BCUT2D eigenvalue weighted by Crippen LogP contribution is -2.04. The largest absolute Gasteiger partial charge is 0.469 e. The third-order valence-electron chi connectivity index (χ3n) is 2.47. The summed E-state index contributed by atoms with van der Waals surface area (Å²) in [4.78, 5) is 15.3. The number of methoxy groups -OCH3 is 1. The van der Waals surface area contributed by atoms with Crippen LogP contribution in [0.3, 0.4) is 0 Å². The Morgan fingerprint density at radius 1 is 1.53 bits per heavy atom. The first kappa shape index (κ1) is 13.5. The molecule has 2 rings (SSSR count). The highest BCUT2D eigenvalue weighted by atomic mass is 32.1. The molecule has 0 spiro atoms. The number of rotatable bonds is 4. The van der Waals surface area contributed by atoms with Crippen molar-refractivity contribution in [2.45, 2.75) is 13.3 Å². The van der Waals surface area contributed by atoms with Gasteiger partial charge in [0.05, 0.1) is 24.9 Å². The van der Waals surface area contributed by atoms with Crippen molar-refractivity contribution in [1.82, 2.24) is 4.98 Å². The second kappa shape index (κ2) is 5.79. The summed E-state index contributed by atoms with van der Waals surface area (Å²) in [6, 6.07) is 4.81. The van der Waals surface area contributed by atoms with Gasteiger partial charge >= 0.3 is 5.97 Å². The highest BCUT2D eigenvalue weighted by molar-refractivity contribution is 7.13. The molecule has 0 saturated carbocycles. The van der Waals surface area contributed by atoms with E-state index in [1.54, 1.807) is 17.5 Å². The number of aromatic nitrogens is 1. The lowest BCUT2D eigenvalue weighted by molar-refractivity contribution is -0.139. The van der Waals surface area contributed by atoms with Gasteiger partial charge < -0.3 is 10.1 Å². The summed E-state index contributed by atoms with van der Waals surface area (Å²) < 4.78 is 18.1.